The predicted octanol–water partition coefficient (Wildman–Crippen LogP) is 3.55. The Kier molecular flexibility index (Phi) is 3.50. The van der Waals surface area contributed by atoms with E-state index in [4.69, 9.17) is 4.74 Å². The molecular formula is C12H16FO. The zero-order valence-corrected chi connectivity index (χ0v) is 8.88. The molecule has 0 aliphatic rings. The summed E-state index contributed by atoms with van der Waals surface area (Å²) in [4.78, 5) is 0. The lowest BCUT2D eigenvalue weighted by atomic mass is 10.0. The SMILES string of the molecule is [CH2]C(C)c1ccc(OC(C)C)c(F)c1. The van der Waals surface area contributed by atoms with Crippen molar-refractivity contribution >= 4 is 0 Å². The minimum absolute atomic E-state index is 0.00692. The molecule has 77 valence electrons. The van der Waals surface area contributed by atoms with Gasteiger partial charge in [-0.1, -0.05) is 13.0 Å². The Morgan fingerprint density at radius 2 is 1.93 bits per heavy atom. The highest BCUT2D eigenvalue weighted by Gasteiger charge is 2.07. The van der Waals surface area contributed by atoms with Gasteiger partial charge in [0.15, 0.2) is 11.6 Å². The van der Waals surface area contributed by atoms with Gasteiger partial charge in [0.05, 0.1) is 6.10 Å². The summed E-state index contributed by atoms with van der Waals surface area (Å²) in [5.74, 6) is 0.0914. The van der Waals surface area contributed by atoms with Crippen LogP contribution in [0.4, 0.5) is 4.39 Å². The Labute approximate surface area is 84.9 Å². The molecule has 0 spiro atoms. The van der Waals surface area contributed by atoms with Crippen LogP contribution in [-0.4, -0.2) is 6.10 Å². The van der Waals surface area contributed by atoms with Crippen LogP contribution in [0, 0.1) is 12.7 Å². The lowest BCUT2D eigenvalue weighted by molar-refractivity contribution is 0.231. The molecule has 1 rings (SSSR count). The number of ether oxygens (including phenoxy) is 1. The van der Waals surface area contributed by atoms with Gasteiger partial charge in [0, 0.05) is 0 Å². The van der Waals surface area contributed by atoms with E-state index < -0.39 is 0 Å². The second-order valence-corrected chi connectivity index (χ2v) is 3.76. The van der Waals surface area contributed by atoms with Crippen LogP contribution < -0.4 is 4.74 Å². The highest BCUT2D eigenvalue weighted by atomic mass is 19.1. The van der Waals surface area contributed by atoms with Crippen molar-refractivity contribution in [1.29, 1.82) is 0 Å². The van der Waals surface area contributed by atoms with Crippen molar-refractivity contribution in [2.24, 2.45) is 0 Å². The normalized spacial score (nSPS) is 11.1. The first-order valence-electron chi connectivity index (χ1n) is 4.80. The average Bonchev–Trinajstić information content (AvgIpc) is 2.07. The summed E-state index contributed by atoms with van der Waals surface area (Å²) < 4.78 is 18.7. The molecule has 0 amide bonds. The van der Waals surface area contributed by atoms with E-state index in [2.05, 4.69) is 6.92 Å². The van der Waals surface area contributed by atoms with E-state index in [-0.39, 0.29) is 17.8 Å². The minimum atomic E-state index is -0.313. The number of hydrogen-bond acceptors (Lipinski definition) is 1. The Balaban J connectivity index is 2.90. The standard InChI is InChI=1S/C12H16FO/c1-8(2)10-5-6-12(11(13)7-10)14-9(3)4/h5-9H,1H2,2-4H3. The maximum absolute atomic E-state index is 13.4. The van der Waals surface area contributed by atoms with Crippen molar-refractivity contribution in [3.63, 3.8) is 0 Å². The van der Waals surface area contributed by atoms with E-state index in [1.165, 1.54) is 6.07 Å². The van der Waals surface area contributed by atoms with Crippen LogP contribution in [0.25, 0.3) is 0 Å². The predicted molar refractivity (Wildman–Crippen MR) is 55.9 cm³/mol. The molecule has 1 unspecified atom stereocenters. The third-order valence-electron chi connectivity index (χ3n) is 1.89. The Hall–Kier alpha value is -1.05. The van der Waals surface area contributed by atoms with Crippen LogP contribution >= 0.6 is 0 Å². The van der Waals surface area contributed by atoms with E-state index in [1.807, 2.05) is 26.8 Å². The van der Waals surface area contributed by atoms with Crippen LogP contribution in [0.3, 0.4) is 0 Å². The molecule has 0 bridgehead atoms. The largest absolute Gasteiger partial charge is 0.488 e. The maximum Gasteiger partial charge on any atom is 0.165 e. The summed E-state index contributed by atoms with van der Waals surface area (Å²) in [5.41, 5.74) is 0.888. The first-order valence-corrected chi connectivity index (χ1v) is 4.80. The quantitative estimate of drug-likeness (QED) is 0.716. The van der Waals surface area contributed by atoms with Crippen LogP contribution in [0.2, 0.25) is 0 Å². The molecule has 0 saturated heterocycles. The number of halogens is 1. The Bertz CT molecular complexity index is 305. The Morgan fingerprint density at radius 3 is 2.36 bits per heavy atom. The molecule has 1 aromatic carbocycles. The topological polar surface area (TPSA) is 9.23 Å². The number of benzene rings is 1. The molecule has 2 heteroatoms. The fourth-order valence-corrected chi connectivity index (χ4v) is 1.17. The monoisotopic (exact) mass is 195 g/mol. The summed E-state index contributed by atoms with van der Waals surface area (Å²) in [6.45, 7) is 9.51. The van der Waals surface area contributed by atoms with Gasteiger partial charge >= 0.3 is 0 Å². The zero-order chi connectivity index (χ0) is 10.7. The fourth-order valence-electron chi connectivity index (χ4n) is 1.17. The van der Waals surface area contributed by atoms with Gasteiger partial charge in [-0.05, 0) is 44.4 Å². The summed E-state index contributed by atoms with van der Waals surface area (Å²) >= 11 is 0. The van der Waals surface area contributed by atoms with Crippen LogP contribution in [0.15, 0.2) is 18.2 Å². The van der Waals surface area contributed by atoms with Gasteiger partial charge in [-0.3, -0.25) is 0 Å². The van der Waals surface area contributed by atoms with Crippen LogP contribution in [-0.2, 0) is 0 Å². The molecular weight excluding hydrogens is 179 g/mol. The van der Waals surface area contributed by atoms with Gasteiger partial charge in [0.25, 0.3) is 0 Å². The van der Waals surface area contributed by atoms with Crippen molar-refractivity contribution in [3.8, 4) is 5.75 Å². The highest BCUT2D eigenvalue weighted by Crippen LogP contribution is 2.23. The molecule has 0 saturated carbocycles. The van der Waals surface area contributed by atoms with Crippen molar-refractivity contribution in [2.45, 2.75) is 32.8 Å². The third-order valence-corrected chi connectivity index (χ3v) is 1.89. The third kappa shape index (κ3) is 2.72. The molecule has 0 aliphatic heterocycles. The Morgan fingerprint density at radius 1 is 1.29 bits per heavy atom. The van der Waals surface area contributed by atoms with Gasteiger partial charge in [0.2, 0.25) is 0 Å². The van der Waals surface area contributed by atoms with E-state index in [1.54, 1.807) is 6.07 Å². The minimum Gasteiger partial charge on any atom is -0.488 e. The molecule has 1 radical (unpaired) electrons. The van der Waals surface area contributed by atoms with E-state index in [0.717, 1.165) is 5.56 Å². The van der Waals surface area contributed by atoms with E-state index >= 15 is 0 Å². The van der Waals surface area contributed by atoms with Gasteiger partial charge in [-0.2, -0.15) is 0 Å². The van der Waals surface area contributed by atoms with E-state index in [0.29, 0.717) is 5.75 Å². The van der Waals surface area contributed by atoms with Crippen molar-refractivity contribution in [1.82, 2.24) is 0 Å². The second kappa shape index (κ2) is 4.45. The molecule has 1 atom stereocenters. The first-order chi connectivity index (χ1) is 6.50. The molecule has 0 aromatic heterocycles. The highest BCUT2D eigenvalue weighted by molar-refractivity contribution is 5.31. The van der Waals surface area contributed by atoms with Gasteiger partial charge in [-0.25, -0.2) is 4.39 Å². The zero-order valence-electron chi connectivity index (χ0n) is 8.88. The van der Waals surface area contributed by atoms with E-state index in [9.17, 15) is 4.39 Å². The van der Waals surface area contributed by atoms with Crippen LogP contribution in [0.1, 0.15) is 32.3 Å². The molecule has 0 N–H and O–H groups in total. The molecule has 1 aromatic rings. The lowest BCUT2D eigenvalue weighted by Crippen LogP contribution is -2.07. The molecule has 14 heavy (non-hydrogen) atoms. The number of hydrogen-bond donors (Lipinski definition) is 0. The smallest absolute Gasteiger partial charge is 0.165 e. The molecule has 0 heterocycles. The van der Waals surface area contributed by atoms with Gasteiger partial charge in [-0.15, -0.1) is 0 Å². The van der Waals surface area contributed by atoms with Crippen molar-refractivity contribution < 1.29 is 9.13 Å². The molecule has 0 aliphatic carbocycles. The summed E-state index contributed by atoms with van der Waals surface area (Å²) in [5, 5.41) is 0. The van der Waals surface area contributed by atoms with Crippen molar-refractivity contribution in [2.75, 3.05) is 0 Å². The molecule has 0 fully saturated rings. The number of rotatable bonds is 3. The maximum atomic E-state index is 13.4. The first kappa shape index (κ1) is 11.0. The summed E-state index contributed by atoms with van der Waals surface area (Å²) in [7, 11) is 0. The fraction of sp³-hybridized carbons (Fsp3) is 0.417. The second-order valence-electron chi connectivity index (χ2n) is 3.76. The summed E-state index contributed by atoms with van der Waals surface area (Å²) in [6.07, 6.45) is -0.00692. The van der Waals surface area contributed by atoms with Crippen LogP contribution in [0.5, 0.6) is 5.75 Å². The van der Waals surface area contributed by atoms with Gasteiger partial charge < -0.3 is 4.74 Å². The average molecular weight is 195 g/mol. The summed E-state index contributed by atoms with van der Waals surface area (Å²) in [6, 6.07) is 4.99. The van der Waals surface area contributed by atoms with Crippen molar-refractivity contribution in [3.05, 3.63) is 36.5 Å². The lowest BCUT2D eigenvalue weighted by Gasteiger charge is -2.12. The molecule has 1 nitrogen and oxygen atoms in total. The van der Waals surface area contributed by atoms with Gasteiger partial charge in [0.1, 0.15) is 0 Å².